The molecule has 104 valence electrons. The van der Waals surface area contributed by atoms with Gasteiger partial charge in [-0.3, -0.25) is 14.9 Å². The highest BCUT2D eigenvalue weighted by Gasteiger charge is 2.16. The van der Waals surface area contributed by atoms with Crippen LogP contribution >= 0.6 is 0 Å². The molecule has 0 bridgehead atoms. The van der Waals surface area contributed by atoms with E-state index in [4.69, 9.17) is 5.73 Å². The summed E-state index contributed by atoms with van der Waals surface area (Å²) in [4.78, 5) is 23.4. The first-order chi connectivity index (χ1) is 8.86. The Balaban J connectivity index is 2.85. The van der Waals surface area contributed by atoms with Crippen LogP contribution in [0.4, 0.5) is 17.1 Å². The second kappa shape index (κ2) is 6.03. The van der Waals surface area contributed by atoms with E-state index in [1.54, 1.807) is 32.0 Å². The summed E-state index contributed by atoms with van der Waals surface area (Å²) < 4.78 is 0. The first-order valence-electron chi connectivity index (χ1n) is 5.83. The van der Waals surface area contributed by atoms with Gasteiger partial charge in [-0.1, -0.05) is 6.92 Å². The number of non-ortho nitro benzene ring substituents is 1. The molecule has 7 heteroatoms. The normalized spacial score (nSPS) is 11.7. The number of nitro benzene ring substituents is 1. The van der Waals surface area contributed by atoms with Gasteiger partial charge in [-0.25, -0.2) is 0 Å². The lowest BCUT2D eigenvalue weighted by atomic mass is 10.1. The standard InChI is InChI=1S/C12H18N4O3/c1-8(12(17)14-2)7-15(3)11-5-4-9(16(18)19)6-10(11)13/h4-6,8H,7,13H2,1-3H3,(H,14,17). The number of nitrogens with zero attached hydrogens (tertiary/aromatic N) is 2. The maximum atomic E-state index is 11.4. The van der Waals surface area contributed by atoms with Crippen LogP contribution in [0.15, 0.2) is 18.2 Å². The van der Waals surface area contributed by atoms with Crippen molar-refractivity contribution >= 4 is 23.0 Å². The second-order valence-corrected chi connectivity index (χ2v) is 4.40. The highest BCUT2D eigenvalue weighted by molar-refractivity contribution is 5.79. The summed E-state index contributed by atoms with van der Waals surface area (Å²) in [5.41, 5.74) is 6.74. The van der Waals surface area contributed by atoms with Crippen molar-refractivity contribution in [3.63, 3.8) is 0 Å². The Morgan fingerprint density at radius 3 is 2.68 bits per heavy atom. The Morgan fingerprint density at radius 1 is 1.58 bits per heavy atom. The lowest BCUT2D eigenvalue weighted by Crippen LogP contribution is -2.34. The van der Waals surface area contributed by atoms with Crippen LogP contribution in [-0.4, -0.2) is 31.5 Å². The molecular formula is C12H18N4O3. The molecule has 1 atom stereocenters. The molecule has 0 radical (unpaired) electrons. The Bertz CT molecular complexity index is 490. The molecule has 7 nitrogen and oxygen atoms in total. The molecule has 1 unspecified atom stereocenters. The highest BCUT2D eigenvalue weighted by Crippen LogP contribution is 2.27. The van der Waals surface area contributed by atoms with Crippen LogP contribution in [0, 0.1) is 16.0 Å². The number of hydrogen-bond acceptors (Lipinski definition) is 5. The monoisotopic (exact) mass is 266 g/mol. The molecular weight excluding hydrogens is 248 g/mol. The van der Waals surface area contributed by atoms with E-state index in [0.717, 1.165) is 0 Å². The minimum Gasteiger partial charge on any atom is -0.397 e. The first-order valence-corrected chi connectivity index (χ1v) is 5.83. The average Bonchev–Trinajstić information content (AvgIpc) is 2.37. The molecule has 1 rings (SSSR count). The number of rotatable bonds is 5. The molecule has 0 heterocycles. The fraction of sp³-hybridized carbons (Fsp3) is 0.417. The van der Waals surface area contributed by atoms with Crippen molar-refractivity contribution < 1.29 is 9.72 Å². The van der Waals surface area contributed by atoms with Gasteiger partial charge in [-0.2, -0.15) is 0 Å². The van der Waals surface area contributed by atoms with Crippen molar-refractivity contribution in [2.24, 2.45) is 5.92 Å². The van der Waals surface area contributed by atoms with Crippen LogP contribution in [0.25, 0.3) is 0 Å². The van der Waals surface area contributed by atoms with Gasteiger partial charge in [-0.15, -0.1) is 0 Å². The largest absolute Gasteiger partial charge is 0.397 e. The van der Waals surface area contributed by atoms with Crippen molar-refractivity contribution in [1.29, 1.82) is 0 Å². The van der Waals surface area contributed by atoms with E-state index in [-0.39, 0.29) is 17.5 Å². The summed E-state index contributed by atoms with van der Waals surface area (Å²) >= 11 is 0. The number of nitrogen functional groups attached to an aromatic ring is 1. The molecule has 0 saturated heterocycles. The van der Waals surface area contributed by atoms with Gasteiger partial charge in [0.25, 0.3) is 5.69 Å². The molecule has 1 amide bonds. The Hall–Kier alpha value is -2.31. The van der Waals surface area contributed by atoms with Crippen LogP contribution in [0.5, 0.6) is 0 Å². The third-order valence-corrected chi connectivity index (χ3v) is 2.87. The average molecular weight is 266 g/mol. The van der Waals surface area contributed by atoms with Gasteiger partial charge in [0.15, 0.2) is 0 Å². The number of nitro groups is 1. The smallest absolute Gasteiger partial charge is 0.271 e. The maximum Gasteiger partial charge on any atom is 0.271 e. The van der Waals surface area contributed by atoms with Gasteiger partial charge >= 0.3 is 0 Å². The number of nitrogens with two attached hydrogens (primary N) is 1. The van der Waals surface area contributed by atoms with E-state index in [2.05, 4.69) is 5.32 Å². The molecule has 3 N–H and O–H groups in total. The molecule has 0 spiro atoms. The van der Waals surface area contributed by atoms with Crippen molar-refractivity contribution in [3.8, 4) is 0 Å². The summed E-state index contributed by atoms with van der Waals surface area (Å²) in [7, 11) is 3.37. The van der Waals surface area contributed by atoms with E-state index in [1.165, 1.54) is 12.1 Å². The van der Waals surface area contributed by atoms with Crippen molar-refractivity contribution in [2.75, 3.05) is 31.3 Å². The van der Waals surface area contributed by atoms with Crippen LogP contribution in [-0.2, 0) is 4.79 Å². The molecule has 0 aliphatic rings. The number of carbonyl (C=O) groups is 1. The van der Waals surface area contributed by atoms with Gasteiger partial charge in [0.05, 0.1) is 22.2 Å². The topological polar surface area (TPSA) is 102 Å². The first kappa shape index (κ1) is 14.7. The fourth-order valence-corrected chi connectivity index (χ4v) is 1.84. The van der Waals surface area contributed by atoms with Crippen LogP contribution in [0.2, 0.25) is 0 Å². The maximum absolute atomic E-state index is 11.4. The summed E-state index contributed by atoms with van der Waals surface area (Å²) in [5.74, 6) is -0.267. The van der Waals surface area contributed by atoms with Crippen molar-refractivity contribution in [2.45, 2.75) is 6.92 Å². The lowest BCUT2D eigenvalue weighted by Gasteiger charge is -2.23. The second-order valence-electron chi connectivity index (χ2n) is 4.40. The zero-order chi connectivity index (χ0) is 14.6. The number of benzene rings is 1. The zero-order valence-electron chi connectivity index (χ0n) is 11.2. The molecule has 0 aromatic heterocycles. The van der Waals surface area contributed by atoms with Crippen molar-refractivity contribution in [1.82, 2.24) is 5.32 Å². The Kier molecular flexibility index (Phi) is 4.68. The molecule has 0 fully saturated rings. The van der Waals surface area contributed by atoms with Crippen LogP contribution in [0.1, 0.15) is 6.92 Å². The number of anilines is 2. The summed E-state index contributed by atoms with van der Waals surface area (Å²) in [6.45, 7) is 2.28. The van der Waals surface area contributed by atoms with Gasteiger partial charge < -0.3 is 16.0 Å². The van der Waals surface area contributed by atoms with Gasteiger partial charge in [0, 0.05) is 32.8 Å². The fourth-order valence-electron chi connectivity index (χ4n) is 1.84. The third-order valence-electron chi connectivity index (χ3n) is 2.87. The van der Waals surface area contributed by atoms with Crippen LogP contribution < -0.4 is 16.0 Å². The molecule has 0 saturated carbocycles. The van der Waals surface area contributed by atoms with Gasteiger partial charge in [0.1, 0.15) is 0 Å². The lowest BCUT2D eigenvalue weighted by molar-refractivity contribution is -0.384. The number of amides is 1. The summed E-state index contributed by atoms with van der Waals surface area (Å²) in [6.07, 6.45) is 0. The summed E-state index contributed by atoms with van der Waals surface area (Å²) in [6, 6.07) is 4.30. The van der Waals surface area contributed by atoms with Crippen LogP contribution in [0.3, 0.4) is 0 Å². The van der Waals surface area contributed by atoms with E-state index < -0.39 is 4.92 Å². The minimum absolute atomic E-state index is 0.0472. The molecule has 1 aromatic carbocycles. The van der Waals surface area contributed by atoms with Gasteiger partial charge in [-0.05, 0) is 6.07 Å². The Labute approximate surface area is 111 Å². The number of nitrogens with one attached hydrogen (secondary N) is 1. The molecule has 1 aromatic rings. The molecule has 0 aliphatic heterocycles. The van der Waals surface area contributed by atoms with E-state index in [0.29, 0.717) is 17.9 Å². The zero-order valence-corrected chi connectivity index (χ0v) is 11.2. The van der Waals surface area contributed by atoms with Crippen molar-refractivity contribution in [3.05, 3.63) is 28.3 Å². The predicted octanol–water partition coefficient (Wildman–Crippen LogP) is 0.995. The Morgan fingerprint density at radius 2 is 2.21 bits per heavy atom. The summed E-state index contributed by atoms with van der Waals surface area (Å²) in [5, 5.41) is 13.2. The van der Waals surface area contributed by atoms with E-state index in [9.17, 15) is 14.9 Å². The van der Waals surface area contributed by atoms with E-state index in [1.807, 2.05) is 0 Å². The SMILES string of the molecule is CNC(=O)C(C)CN(C)c1ccc([N+](=O)[O-])cc1N. The highest BCUT2D eigenvalue weighted by atomic mass is 16.6. The minimum atomic E-state index is -0.493. The molecule has 19 heavy (non-hydrogen) atoms. The third kappa shape index (κ3) is 3.57. The number of carbonyl (C=O) groups excluding carboxylic acids is 1. The van der Waals surface area contributed by atoms with E-state index >= 15 is 0 Å². The van der Waals surface area contributed by atoms with Gasteiger partial charge in [0.2, 0.25) is 5.91 Å². The molecule has 0 aliphatic carbocycles. The quantitative estimate of drug-likeness (QED) is 0.470. The number of hydrogen-bond donors (Lipinski definition) is 2. The predicted molar refractivity (Wildman–Crippen MR) is 74.0 cm³/mol.